The zero-order valence-electron chi connectivity index (χ0n) is 11.5. The van der Waals surface area contributed by atoms with Gasteiger partial charge < -0.3 is 4.74 Å². The summed E-state index contributed by atoms with van der Waals surface area (Å²) in [6.07, 6.45) is 5.94. The van der Waals surface area contributed by atoms with Crippen LogP contribution in [-0.2, 0) is 0 Å². The number of benzene rings is 1. The first-order valence-corrected chi connectivity index (χ1v) is 6.92. The first-order valence-electron chi connectivity index (χ1n) is 6.92. The van der Waals surface area contributed by atoms with Crippen LogP contribution >= 0.6 is 0 Å². The van der Waals surface area contributed by atoms with E-state index in [-0.39, 0.29) is 5.78 Å². The quantitative estimate of drug-likeness (QED) is 0.581. The lowest BCUT2D eigenvalue weighted by Crippen LogP contribution is -2.25. The summed E-state index contributed by atoms with van der Waals surface area (Å²) in [5.41, 5.74) is 0.699. The lowest BCUT2D eigenvalue weighted by molar-refractivity contribution is 0.104. The molecular weight excluding hydrogens is 238 g/mol. The molecule has 1 aliphatic rings. The molecule has 0 aliphatic carbocycles. The Morgan fingerprint density at radius 3 is 2.58 bits per heavy atom. The van der Waals surface area contributed by atoms with Crippen molar-refractivity contribution in [3.8, 4) is 5.75 Å². The topological polar surface area (TPSA) is 29.5 Å². The normalized spacial score (nSPS) is 16.1. The van der Waals surface area contributed by atoms with Crippen LogP contribution in [0.25, 0.3) is 0 Å². The summed E-state index contributed by atoms with van der Waals surface area (Å²) in [6, 6.07) is 7.35. The molecule has 1 aliphatic heterocycles. The minimum atomic E-state index is 0.0334. The SMILES string of the molecule is C/C=C/C(=O)c1ccc(OCCN2CCCC2)cc1. The molecule has 0 atom stereocenters. The highest BCUT2D eigenvalue weighted by molar-refractivity contribution is 6.04. The first-order chi connectivity index (χ1) is 9.29. The predicted octanol–water partition coefficient (Wildman–Crippen LogP) is 2.92. The number of rotatable bonds is 6. The lowest BCUT2D eigenvalue weighted by atomic mass is 10.1. The van der Waals surface area contributed by atoms with Gasteiger partial charge in [0, 0.05) is 12.1 Å². The number of carbonyl (C=O) groups excluding carboxylic acids is 1. The van der Waals surface area contributed by atoms with Gasteiger partial charge in [0.2, 0.25) is 0 Å². The molecule has 0 N–H and O–H groups in total. The van der Waals surface area contributed by atoms with Crippen LogP contribution in [0.5, 0.6) is 5.75 Å². The molecule has 1 aromatic carbocycles. The highest BCUT2D eigenvalue weighted by Crippen LogP contribution is 2.13. The maximum atomic E-state index is 11.6. The third-order valence-electron chi connectivity index (χ3n) is 3.33. The van der Waals surface area contributed by atoms with E-state index in [1.807, 2.05) is 31.2 Å². The van der Waals surface area contributed by atoms with Crippen molar-refractivity contribution in [2.45, 2.75) is 19.8 Å². The Morgan fingerprint density at radius 2 is 1.95 bits per heavy atom. The third kappa shape index (κ3) is 4.21. The number of nitrogens with zero attached hydrogens (tertiary/aromatic N) is 1. The van der Waals surface area contributed by atoms with E-state index in [0.717, 1.165) is 12.3 Å². The van der Waals surface area contributed by atoms with Gasteiger partial charge in [-0.25, -0.2) is 0 Å². The molecule has 3 nitrogen and oxygen atoms in total. The highest BCUT2D eigenvalue weighted by Gasteiger charge is 2.10. The Labute approximate surface area is 114 Å². The number of ketones is 1. The van der Waals surface area contributed by atoms with Crippen LogP contribution in [0.4, 0.5) is 0 Å². The minimum Gasteiger partial charge on any atom is -0.492 e. The molecule has 1 saturated heterocycles. The van der Waals surface area contributed by atoms with Crippen LogP contribution in [0.3, 0.4) is 0 Å². The fourth-order valence-corrected chi connectivity index (χ4v) is 2.26. The zero-order valence-corrected chi connectivity index (χ0v) is 11.5. The van der Waals surface area contributed by atoms with Gasteiger partial charge in [-0.1, -0.05) is 6.08 Å². The monoisotopic (exact) mass is 259 g/mol. The number of allylic oxidation sites excluding steroid dienone is 2. The number of hydrogen-bond acceptors (Lipinski definition) is 3. The van der Waals surface area contributed by atoms with Crippen molar-refractivity contribution >= 4 is 5.78 Å². The van der Waals surface area contributed by atoms with E-state index in [2.05, 4.69) is 4.90 Å². The van der Waals surface area contributed by atoms with Crippen molar-refractivity contribution < 1.29 is 9.53 Å². The van der Waals surface area contributed by atoms with E-state index < -0.39 is 0 Å². The summed E-state index contributed by atoms with van der Waals surface area (Å²) in [4.78, 5) is 14.0. The zero-order chi connectivity index (χ0) is 13.5. The molecule has 2 rings (SSSR count). The van der Waals surface area contributed by atoms with Gasteiger partial charge in [0.25, 0.3) is 0 Å². The van der Waals surface area contributed by atoms with Crippen LogP contribution < -0.4 is 4.74 Å². The van der Waals surface area contributed by atoms with Crippen molar-refractivity contribution in [1.29, 1.82) is 0 Å². The fraction of sp³-hybridized carbons (Fsp3) is 0.438. The molecule has 1 heterocycles. The Balaban J connectivity index is 1.79. The van der Waals surface area contributed by atoms with Crippen molar-refractivity contribution in [2.24, 2.45) is 0 Å². The summed E-state index contributed by atoms with van der Waals surface area (Å²) in [6.45, 7) is 5.93. The van der Waals surface area contributed by atoms with Gasteiger partial charge in [-0.15, -0.1) is 0 Å². The molecule has 3 heteroatoms. The molecular formula is C16H21NO2. The van der Waals surface area contributed by atoms with E-state index in [9.17, 15) is 4.79 Å². The number of hydrogen-bond donors (Lipinski definition) is 0. The van der Waals surface area contributed by atoms with Crippen molar-refractivity contribution in [3.05, 3.63) is 42.0 Å². The second-order valence-electron chi connectivity index (χ2n) is 4.79. The maximum absolute atomic E-state index is 11.6. The van der Waals surface area contributed by atoms with Gasteiger partial charge in [0.15, 0.2) is 5.78 Å². The van der Waals surface area contributed by atoms with E-state index in [1.165, 1.54) is 25.9 Å². The van der Waals surface area contributed by atoms with Gasteiger partial charge in [0.1, 0.15) is 12.4 Å². The van der Waals surface area contributed by atoms with Gasteiger partial charge in [-0.3, -0.25) is 9.69 Å². The highest BCUT2D eigenvalue weighted by atomic mass is 16.5. The molecule has 102 valence electrons. The maximum Gasteiger partial charge on any atom is 0.185 e. The number of ether oxygens (including phenoxy) is 1. The van der Waals surface area contributed by atoms with Crippen LogP contribution in [0, 0.1) is 0 Å². The van der Waals surface area contributed by atoms with Crippen LogP contribution in [0.15, 0.2) is 36.4 Å². The Morgan fingerprint density at radius 1 is 1.26 bits per heavy atom. The molecule has 0 radical (unpaired) electrons. The molecule has 0 spiro atoms. The molecule has 0 aromatic heterocycles. The largest absolute Gasteiger partial charge is 0.492 e. The second-order valence-corrected chi connectivity index (χ2v) is 4.79. The van der Waals surface area contributed by atoms with Crippen LogP contribution in [0.1, 0.15) is 30.1 Å². The lowest BCUT2D eigenvalue weighted by Gasteiger charge is -2.14. The van der Waals surface area contributed by atoms with Crippen LogP contribution in [0.2, 0.25) is 0 Å². The average Bonchev–Trinajstić information content (AvgIpc) is 2.93. The number of carbonyl (C=O) groups is 1. The summed E-state index contributed by atoms with van der Waals surface area (Å²) in [5, 5.41) is 0. The van der Waals surface area contributed by atoms with Crippen molar-refractivity contribution in [2.75, 3.05) is 26.2 Å². The van der Waals surface area contributed by atoms with Crippen molar-refractivity contribution in [3.63, 3.8) is 0 Å². The van der Waals surface area contributed by atoms with E-state index >= 15 is 0 Å². The standard InChI is InChI=1S/C16H21NO2/c1-2-5-16(18)14-6-8-15(9-7-14)19-13-12-17-10-3-4-11-17/h2,5-9H,3-4,10-13H2,1H3/b5-2+. The van der Waals surface area contributed by atoms with Crippen molar-refractivity contribution in [1.82, 2.24) is 4.90 Å². The van der Waals surface area contributed by atoms with E-state index in [1.54, 1.807) is 12.2 Å². The molecule has 19 heavy (non-hydrogen) atoms. The van der Waals surface area contributed by atoms with Gasteiger partial charge in [0.05, 0.1) is 0 Å². The Kier molecular flexibility index (Phi) is 5.16. The summed E-state index contributed by atoms with van der Waals surface area (Å²) in [7, 11) is 0. The Hall–Kier alpha value is -1.61. The van der Waals surface area contributed by atoms with E-state index in [0.29, 0.717) is 12.2 Å². The predicted molar refractivity (Wildman–Crippen MR) is 76.8 cm³/mol. The fourth-order valence-electron chi connectivity index (χ4n) is 2.26. The molecule has 0 unspecified atom stereocenters. The summed E-state index contributed by atoms with van der Waals surface area (Å²) in [5.74, 6) is 0.863. The smallest absolute Gasteiger partial charge is 0.185 e. The molecule has 0 saturated carbocycles. The van der Waals surface area contributed by atoms with Gasteiger partial charge in [-0.05, 0) is 63.2 Å². The molecule has 0 amide bonds. The second kappa shape index (κ2) is 7.10. The van der Waals surface area contributed by atoms with Crippen LogP contribution in [-0.4, -0.2) is 36.9 Å². The third-order valence-corrected chi connectivity index (χ3v) is 3.33. The van der Waals surface area contributed by atoms with E-state index in [4.69, 9.17) is 4.74 Å². The first kappa shape index (κ1) is 13.8. The molecule has 1 aromatic rings. The molecule has 1 fully saturated rings. The summed E-state index contributed by atoms with van der Waals surface area (Å²) < 4.78 is 5.69. The summed E-state index contributed by atoms with van der Waals surface area (Å²) >= 11 is 0. The minimum absolute atomic E-state index is 0.0334. The Bertz CT molecular complexity index is 431. The molecule has 0 bridgehead atoms. The average molecular weight is 259 g/mol. The number of likely N-dealkylation sites (tertiary alicyclic amines) is 1. The van der Waals surface area contributed by atoms with Gasteiger partial charge >= 0.3 is 0 Å². The van der Waals surface area contributed by atoms with Gasteiger partial charge in [-0.2, -0.15) is 0 Å².